The molecule has 0 aromatic carbocycles. The molecule has 0 aromatic rings. The summed E-state index contributed by atoms with van der Waals surface area (Å²) in [5.74, 6) is 0.0485. The van der Waals surface area contributed by atoms with Crippen LogP contribution >= 0.6 is 0 Å². The highest BCUT2D eigenvalue weighted by Gasteiger charge is 2.46. The van der Waals surface area contributed by atoms with Crippen molar-refractivity contribution in [1.82, 2.24) is 4.90 Å². The van der Waals surface area contributed by atoms with Gasteiger partial charge < -0.3 is 20.1 Å². The van der Waals surface area contributed by atoms with Gasteiger partial charge in [-0.15, -0.1) is 0 Å². The molecule has 2 N–H and O–H groups in total. The molecule has 5 heteroatoms. The third-order valence-electron chi connectivity index (χ3n) is 4.64. The van der Waals surface area contributed by atoms with Crippen LogP contribution in [0.5, 0.6) is 0 Å². The molecule has 20 heavy (non-hydrogen) atoms. The molecule has 1 aliphatic heterocycles. The number of carbonyl (C=O) groups excluding carboxylic acids is 1. The van der Waals surface area contributed by atoms with Gasteiger partial charge in [-0.05, 0) is 45.1 Å². The zero-order valence-electron chi connectivity index (χ0n) is 12.6. The smallest absolute Gasteiger partial charge is 0.326 e. The Labute approximate surface area is 121 Å². The van der Waals surface area contributed by atoms with E-state index in [-0.39, 0.29) is 11.9 Å². The minimum atomic E-state index is -0.752. The van der Waals surface area contributed by atoms with Crippen LogP contribution in [0, 0.1) is 5.92 Å². The standard InChI is InChI=1S/C15H28N2O3/c1-2-20-14(18)15(16)7-3-5-13(15)6-9-17-8-4-11-19-12-10-17/h13H,2-12,16H2,1H3. The molecule has 2 atom stereocenters. The lowest BCUT2D eigenvalue weighted by Gasteiger charge is -2.30. The van der Waals surface area contributed by atoms with Crippen LogP contribution in [0.15, 0.2) is 0 Å². The molecule has 1 aliphatic carbocycles. The number of ether oxygens (including phenoxy) is 2. The van der Waals surface area contributed by atoms with E-state index in [1.165, 1.54) is 0 Å². The van der Waals surface area contributed by atoms with E-state index in [0.29, 0.717) is 6.61 Å². The van der Waals surface area contributed by atoms with E-state index in [9.17, 15) is 4.79 Å². The van der Waals surface area contributed by atoms with Crippen LogP contribution in [0.4, 0.5) is 0 Å². The van der Waals surface area contributed by atoms with E-state index in [2.05, 4.69) is 4.90 Å². The van der Waals surface area contributed by atoms with Gasteiger partial charge in [0.05, 0.1) is 13.2 Å². The third-order valence-corrected chi connectivity index (χ3v) is 4.64. The minimum absolute atomic E-state index is 0.207. The zero-order valence-corrected chi connectivity index (χ0v) is 12.6. The maximum Gasteiger partial charge on any atom is 0.326 e. The lowest BCUT2D eigenvalue weighted by Crippen LogP contribution is -2.52. The second-order valence-electron chi connectivity index (χ2n) is 5.95. The number of carbonyl (C=O) groups is 1. The highest BCUT2D eigenvalue weighted by atomic mass is 16.5. The van der Waals surface area contributed by atoms with Gasteiger partial charge in [0, 0.05) is 19.7 Å². The lowest BCUT2D eigenvalue weighted by atomic mass is 9.85. The fraction of sp³-hybridized carbons (Fsp3) is 0.933. The van der Waals surface area contributed by atoms with Gasteiger partial charge in [0.15, 0.2) is 0 Å². The Morgan fingerprint density at radius 1 is 1.40 bits per heavy atom. The maximum atomic E-state index is 12.1. The van der Waals surface area contributed by atoms with Gasteiger partial charge in [0.25, 0.3) is 0 Å². The van der Waals surface area contributed by atoms with Gasteiger partial charge in [0.1, 0.15) is 5.54 Å². The van der Waals surface area contributed by atoms with Crippen LogP contribution < -0.4 is 5.73 Å². The van der Waals surface area contributed by atoms with Crippen molar-refractivity contribution in [1.29, 1.82) is 0 Å². The number of nitrogens with zero attached hydrogens (tertiary/aromatic N) is 1. The summed E-state index contributed by atoms with van der Waals surface area (Å²) >= 11 is 0. The summed E-state index contributed by atoms with van der Waals surface area (Å²) in [6.45, 7) is 7.01. The van der Waals surface area contributed by atoms with Crippen molar-refractivity contribution >= 4 is 5.97 Å². The highest BCUT2D eigenvalue weighted by Crippen LogP contribution is 2.37. The van der Waals surface area contributed by atoms with Crippen molar-refractivity contribution in [2.45, 2.75) is 44.6 Å². The number of rotatable bonds is 5. The zero-order chi connectivity index (χ0) is 14.4. The van der Waals surface area contributed by atoms with E-state index in [1.54, 1.807) is 0 Å². The Bertz CT molecular complexity index is 316. The van der Waals surface area contributed by atoms with Crippen LogP contribution in [0.1, 0.15) is 39.0 Å². The normalized spacial score (nSPS) is 32.0. The molecule has 0 radical (unpaired) electrons. The maximum absolute atomic E-state index is 12.1. The summed E-state index contributed by atoms with van der Waals surface area (Å²) in [4.78, 5) is 14.5. The molecule has 0 amide bonds. The first-order chi connectivity index (χ1) is 9.66. The largest absolute Gasteiger partial charge is 0.465 e. The Kier molecular flexibility index (Phi) is 5.81. The van der Waals surface area contributed by atoms with Gasteiger partial charge in [0.2, 0.25) is 0 Å². The molecule has 2 rings (SSSR count). The SMILES string of the molecule is CCOC(=O)C1(N)CCCC1CCN1CCCOCC1. The van der Waals surface area contributed by atoms with Crippen molar-refractivity contribution in [3.8, 4) is 0 Å². The quantitative estimate of drug-likeness (QED) is 0.768. The summed E-state index contributed by atoms with van der Waals surface area (Å²) in [5.41, 5.74) is 5.61. The molecule has 0 spiro atoms. The van der Waals surface area contributed by atoms with Crippen LogP contribution in [-0.2, 0) is 14.3 Å². The first kappa shape index (κ1) is 15.7. The van der Waals surface area contributed by atoms with Gasteiger partial charge in [-0.3, -0.25) is 4.79 Å². The van der Waals surface area contributed by atoms with Gasteiger partial charge in [-0.1, -0.05) is 6.42 Å². The molecular weight excluding hydrogens is 256 g/mol. The number of hydrogen-bond donors (Lipinski definition) is 1. The fourth-order valence-electron chi connectivity index (χ4n) is 3.40. The van der Waals surface area contributed by atoms with E-state index < -0.39 is 5.54 Å². The van der Waals surface area contributed by atoms with Crippen LogP contribution in [-0.4, -0.2) is 55.9 Å². The van der Waals surface area contributed by atoms with E-state index >= 15 is 0 Å². The number of nitrogens with two attached hydrogens (primary N) is 1. The summed E-state index contributed by atoms with van der Waals surface area (Å²) < 4.78 is 10.6. The summed E-state index contributed by atoms with van der Waals surface area (Å²) in [6, 6.07) is 0. The summed E-state index contributed by atoms with van der Waals surface area (Å²) in [7, 11) is 0. The fourth-order valence-corrected chi connectivity index (χ4v) is 3.40. The monoisotopic (exact) mass is 284 g/mol. The molecule has 1 heterocycles. The second kappa shape index (κ2) is 7.38. The first-order valence-electron chi connectivity index (χ1n) is 7.93. The molecule has 2 unspecified atom stereocenters. The third kappa shape index (κ3) is 3.71. The summed E-state index contributed by atoms with van der Waals surface area (Å²) in [5, 5.41) is 0. The molecule has 0 aromatic heterocycles. The molecule has 2 fully saturated rings. The second-order valence-corrected chi connectivity index (χ2v) is 5.95. The first-order valence-corrected chi connectivity index (χ1v) is 7.93. The molecule has 5 nitrogen and oxygen atoms in total. The number of hydrogen-bond acceptors (Lipinski definition) is 5. The van der Waals surface area contributed by atoms with Crippen molar-refractivity contribution in [3.63, 3.8) is 0 Å². The number of esters is 1. The van der Waals surface area contributed by atoms with Gasteiger partial charge >= 0.3 is 5.97 Å². The molecular formula is C15H28N2O3. The highest BCUT2D eigenvalue weighted by molar-refractivity contribution is 5.81. The van der Waals surface area contributed by atoms with Crippen LogP contribution in [0.3, 0.4) is 0 Å². The van der Waals surface area contributed by atoms with Gasteiger partial charge in [-0.2, -0.15) is 0 Å². The molecule has 116 valence electrons. The topological polar surface area (TPSA) is 64.8 Å². The van der Waals surface area contributed by atoms with Gasteiger partial charge in [-0.25, -0.2) is 0 Å². The van der Waals surface area contributed by atoms with Crippen molar-refractivity contribution in [3.05, 3.63) is 0 Å². The van der Waals surface area contributed by atoms with Crippen molar-refractivity contribution in [2.75, 3.05) is 39.5 Å². The predicted octanol–water partition coefficient (Wildman–Crippen LogP) is 1.16. The van der Waals surface area contributed by atoms with Crippen molar-refractivity contribution in [2.24, 2.45) is 11.7 Å². The van der Waals surface area contributed by atoms with Crippen LogP contribution in [0.2, 0.25) is 0 Å². The van der Waals surface area contributed by atoms with E-state index in [4.69, 9.17) is 15.2 Å². The Hall–Kier alpha value is -0.650. The molecule has 1 saturated carbocycles. The van der Waals surface area contributed by atoms with E-state index in [1.807, 2.05) is 6.92 Å². The summed E-state index contributed by atoms with van der Waals surface area (Å²) in [6.07, 6.45) is 4.91. The Morgan fingerprint density at radius 2 is 2.25 bits per heavy atom. The molecule has 2 aliphatic rings. The average Bonchev–Trinajstić information content (AvgIpc) is 2.65. The van der Waals surface area contributed by atoms with E-state index in [0.717, 1.165) is 65.0 Å². The average molecular weight is 284 g/mol. The predicted molar refractivity (Wildman–Crippen MR) is 77.4 cm³/mol. The Morgan fingerprint density at radius 3 is 3.05 bits per heavy atom. The van der Waals surface area contributed by atoms with Crippen molar-refractivity contribution < 1.29 is 14.3 Å². The van der Waals surface area contributed by atoms with Crippen LogP contribution in [0.25, 0.3) is 0 Å². The Balaban J connectivity index is 1.85. The minimum Gasteiger partial charge on any atom is -0.465 e. The molecule has 0 bridgehead atoms. The molecule has 1 saturated heterocycles. The lowest BCUT2D eigenvalue weighted by molar-refractivity contribution is -0.151.